The monoisotopic (exact) mass is 474 g/mol. The SMILES string of the molecule is CCS(=O)(=O)c1cc(OCCCSC)cnc1-c1nc2cc(C(F)(F)F)ncc2n1C. The Hall–Kier alpha value is -2.34. The van der Waals surface area contributed by atoms with Gasteiger partial charge in [0.25, 0.3) is 0 Å². The second kappa shape index (κ2) is 9.03. The maximum absolute atomic E-state index is 13.0. The highest BCUT2D eigenvalue weighted by molar-refractivity contribution is 7.98. The van der Waals surface area contributed by atoms with E-state index in [-0.39, 0.29) is 27.7 Å². The molecule has 0 aliphatic carbocycles. The van der Waals surface area contributed by atoms with Crippen molar-refractivity contribution < 1.29 is 26.3 Å². The fourth-order valence-electron chi connectivity index (χ4n) is 2.91. The molecular formula is C19H21F3N4O3S2. The van der Waals surface area contributed by atoms with E-state index >= 15 is 0 Å². The Bertz CT molecular complexity index is 1190. The minimum Gasteiger partial charge on any atom is -0.492 e. The van der Waals surface area contributed by atoms with E-state index in [9.17, 15) is 21.6 Å². The zero-order chi connectivity index (χ0) is 22.8. The third kappa shape index (κ3) is 4.95. The summed E-state index contributed by atoms with van der Waals surface area (Å²) in [7, 11) is -2.15. The quantitative estimate of drug-likeness (QED) is 0.457. The molecule has 7 nitrogen and oxygen atoms in total. The van der Waals surface area contributed by atoms with Crippen molar-refractivity contribution in [2.24, 2.45) is 7.05 Å². The lowest BCUT2D eigenvalue weighted by atomic mass is 10.3. The molecule has 0 radical (unpaired) electrons. The van der Waals surface area contributed by atoms with Gasteiger partial charge in [0.15, 0.2) is 15.7 Å². The molecule has 0 fully saturated rings. The normalized spacial score (nSPS) is 12.5. The molecule has 0 amide bonds. The van der Waals surface area contributed by atoms with E-state index in [4.69, 9.17) is 4.74 Å². The maximum Gasteiger partial charge on any atom is 0.433 e. The lowest BCUT2D eigenvalue weighted by molar-refractivity contribution is -0.141. The molecule has 3 rings (SSSR count). The van der Waals surface area contributed by atoms with E-state index in [0.717, 1.165) is 24.4 Å². The molecule has 0 saturated carbocycles. The standard InChI is InChI=1S/C19H21F3N4O3S2/c1-4-31(27,28)15-8-12(29-6-5-7-30-3)10-24-17(15)18-25-13-9-16(19(20,21)22)23-11-14(13)26(18)2/h8-11H,4-7H2,1-3H3. The third-order valence-electron chi connectivity index (χ3n) is 4.57. The van der Waals surface area contributed by atoms with Crippen LogP contribution < -0.4 is 4.74 Å². The molecule has 0 bridgehead atoms. The lowest BCUT2D eigenvalue weighted by Gasteiger charge is -2.12. The van der Waals surface area contributed by atoms with E-state index in [1.165, 1.54) is 23.8 Å². The number of ether oxygens (including phenoxy) is 1. The van der Waals surface area contributed by atoms with Crippen molar-refractivity contribution in [3.05, 3.63) is 30.2 Å². The smallest absolute Gasteiger partial charge is 0.433 e. The molecule has 0 unspecified atom stereocenters. The first-order valence-corrected chi connectivity index (χ1v) is 12.4. The zero-order valence-corrected chi connectivity index (χ0v) is 18.7. The summed E-state index contributed by atoms with van der Waals surface area (Å²) in [6.07, 6.45) is 0.605. The summed E-state index contributed by atoms with van der Waals surface area (Å²) in [6, 6.07) is 2.22. The Morgan fingerprint density at radius 1 is 1.19 bits per heavy atom. The number of rotatable bonds is 8. The topological polar surface area (TPSA) is 87.0 Å². The van der Waals surface area contributed by atoms with Crippen molar-refractivity contribution in [1.82, 2.24) is 19.5 Å². The summed E-state index contributed by atoms with van der Waals surface area (Å²) in [5.41, 5.74) is -0.667. The summed E-state index contributed by atoms with van der Waals surface area (Å²) in [4.78, 5) is 11.9. The van der Waals surface area contributed by atoms with Crippen LogP contribution in [-0.4, -0.2) is 52.3 Å². The van der Waals surface area contributed by atoms with E-state index in [2.05, 4.69) is 15.0 Å². The number of sulfone groups is 1. The molecular weight excluding hydrogens is 453 g/mol. The van der Waals surface area contributed by atoms with Crippen LogP contribution in [-0.2, 0) is 23.1 Å². The Morgan fingerprint density at radius 2 is 1.94 bits per heavy atom. The number of aryl methyl sites for hydroxylation is 1. The van der Waals surface area contributed by atoms with Crippen LogP contribution in [0.25, 0.3) is 22.6 Å². The van der Waals surface area contributed by atoms with Crippen molar-refractivity contribution in [3.8, 4) is 17.3 Å². The first-order valence-electron chi connectivity index (χ1n) is 9.33. The Morgan fingerprint density at radius 3 is 2.58 bits per heavy atom. The van der Waals surface area contributed by atoms with Crippen LogP contribution in [0.3, 0.4) is 0 Å². The van der Waals surface area contributed by atoms with Gasteiger partial charge in [0.1, 0.15) is 22.0 Å². The molecule has 12 heteroatoms. The van der Waals surface area contributed by atoms with Crippen LogP contribution in [0.4, 0.5) is 13.2 Å². The van der Waals surface area contributed by atoms with Gasteiger partial charge >= 0.3 is 6.18 Å². The Labute approximate surface area is 182 Å². The van der Waals surface area contributed by atoms with Gasteiger partial charge in [0.05, 0.1) is 35.8 Å². The number of fused-ring (bicyclic) bond motifs is 1. The molecule has 0 spiro atoms. The van der Waals surface area contributed by atoms with Crippen molar-refractivity contribution >= 4 is 32.6 Å². The number of pyridine rings is 2. The van der Waals surface area contributed by atoms with E-state index < -0.39 is 21.7 Å². The van der Waals surface area contributed by atoms with Gasteiger partial charge in [-0.15, -0.1) is 0 Å². The van der Waals surface area contributed by atoms with Gasteiger partial charge in [0.2, 0.25) is 0 Å². The molecule has 0 aliphatic heterocycles. The molecule has 3 aromatic heterocycles. The number of hydrogen-bond donors (Lipinski definition) is 0. The summed E-state index contributed by atoms with van der Waals surface area (Å²) in [5.74, 6) is 1.15. The first kappa shape index (κ1) is 23.3. The van der Waals surface area contributed by atoms with Crippen LogP contribution in [0.1, 0.15) is 19.0 Å². The van der Waals surface area contributed by atoms with Gasteiger partial charge in [-0.3, -0.25) is 0 Å². The molecule has 3 aromatic rings. The molecule has 0 aliphatic rings. The molecule has 31 heavy (non-hydrogen) atoms. The molecule has 0 saturated heterocycles. The van der Waals surface area contributed by atoms with Crippen LogP contribution >= 0.6 is 11.8 Å². The van der Waals surface area contributed by atoms with Gasteiger partial charge < -0.3 is 9.30 Å². The molecule has 0 aromatic carbocycles. The highest BCUT2D eigenvalue weighted by Gasteiger charge is 2.33. The van der Waals surface area contributed by atoms with Crippen LogP contribution in [0.2, 0.25) is 0 Å². The van der Waals surface area contributed by atoms with Gasteiger partial charge in [0, 0.05) is 13.1 Å². The number of imidazole rings is 1. The fraction of sp³-hybridized carbons (Fsp3) is 0.421. The van der Waals surface area contributed by atoms with Crippen LogP contribution in [0.15, 0.2) is 29.4 Å². The van der Waals surface area contributed by atoms with Gasteiger partial charge in [-0.1, -0.05) is 6.92 Å². The van der Waals surface area contributed by atoms with Gasteiger partial charge in [-0.05, 0) is 24.5 Å². The van der Waals surface area contributed by atoms with E-state index in [1.54, 1.807) is 18.8 Å². The third-order valence-corrected chi connectivity index (χ3v) is 7.01. The minimum atomic E-state index is -4.61. The number of aromatic nitrogens is 4. The number of halogens is 3. The maximum atomic E-state index is 13.0. The summed E-state index contributed by atoms with van der Waals surface area (Å²) >= 11 is 1.68. The van der Waals surface area contributed by atoms with Crippen molar-refractivity contribution in [1.29, 1.82) is 0 Å². The number of hydrogen-bond acceptors (Lipinski definition) is 7. The van der Waals surface area contributed by atoms with Gasteiger partial charge in [-0.2, -0.15) is 24.9 Å². The average molecular weight is 475 g/mol. The highest BCUT2D eigenvalue weighted by atomic mass is 32.2. The predicted octanol–water partition coefficient (Wildman–Crippen LogP) is 3.97. The van der Waals surface area contributed by atoms with Gasteiger partial charge in [-0.25, -0.2) is 23.4 Å². The number of nitrogens with zero attached hydrogens (tertiary/aromatic N) is 4. The summed E-state index contributed by atoms with van der Waals surface area (Å²) < 4.78 is 71.6. The molecule has 168 valence electrons. The Balaban J connectivity index is 2.10. The lowest BCUT2D eigenvalue weighted by Crippen LogP contribution is -2.10. The molecule has 0 atom stereocenters. The van der Waals surface area contributed by atoms with Crippen LogP contribution in [0.5, 0.6) is 5.75 Å². The summed E-state index contributed by atoms with van der Waals surface area (Å²) in [5, 5.41) is 0. The van der Waals surface area contributed by atoms with E-state index in [1.807, 2.05) is 6.26 Å². The molecule has 0 N–H and O–H groups in total. The molecule has 3 heterocycles. The second-order valence-corrected chi connectivity index (χ2v) is 9.90. The number of thioether (sulfide) groups is 1. The predicted molar refractivity (Wildman–Crippen MR) is 113 cm³/mol. The summed E-state index contributed by atoms with van der Waals surface area (Å²) in [6.45, 7) is 1.91. The first-order chi connectivity index (χ1) is 14.6. The van der Waals surface area contributed by atoms with Crippen molar-refractivity contribution in [3.63, 3.8) is 0 Å². The van der Waals surface area contributed by atoms with Crippen molar-refractivity contribution in [2.45, 2.75) is 24.4 Å². The fourth-order valence-corrected chi connectivity index (χ4v) is 4.37. The minimum absolute atomic E-state index is 0.0406. The second-order valence-electron chi connectivity index (χ2n) is 6.67. The van der Waals surface area contributed by atoms with Crippen molar-refractivity contribution in [2.75, 3.05) is 24.4 Å². The van der Waals surface area contributed by atoms with E-state index in [0.29, 0.717) is 17.9 Å². The zero-order valence-electron chi connectivity index (χ0n) is 17.1. The average Bonchev–Trinajstić information content (AvgIpc) is 3.06. The number of alkyl halides is 3. The Kier molecular flexibility index (Phi) is 6.79. The van der Waals surface area contributed by atoms with Crippen LogP contribution in [0, 0.1) is 0 Å². The highest BCUT2D eigenvalue weighted by Crippen LogP contribution is 2.33. The largest absolute Gasteiger partial charge is 0.492 e.